The summed E-state index contributed by atoms with van der Waals surface area (Å²) in [6.45, 7) is 13.2. The first-order chi connectivity index (χ1) is 20.9. The van der Waals surface area contributed by atoms with Crippen molar-refractivity contribution in [2.75, 3.05) is 36.2 Å². The highest BCUT2D eigenvalue weighted by molar-refractivity contribution is 7.81. The highest BCUT2D eigenvalue weighted by Gasteiger charge is 2.50. The SMILES string of the molecule is [C-]#[N+]c1ccc(N2C(=O)C(C)(C)N(c3ccc(-c4ccc(OCCOCCC(=O)OCC)nc4)cc3)C2=S)cc1C(F)(F)F. The Bertz CT molecular complexity index is 1570. The van der Waals surface area contributed by atoms with Crippen molar-refractivity contribution in [2.24, 2.45) is 0 Å². The minimum atomic E-state index is -4.77. The minimum Gasteiger partial charge on any atom is -0.475 e. The number of aromatic nitrogens is 1. The molecule has 1 aromatic heterocycles. The zero-order valence-electron chi connectivity index (χ0n) is 24.2. The van der Waals surface area contributed by atoms with Gasteiger partial charge in [0.15, 0.2) is 10.8 Å². The fourth-order valence-corrected chi connectivity index (χ4v) is 5.10. The number of carbonyl (C=O) groups is 2. The normalized spacial score (nSPS) is 14.5. The molecule has 1 amide bonds. The zero-order valence-corrected chi connectivity index (χ0v) is 25.0. The minimum absolute atomic E-state index is 0.0180. The molecule has 0 N–H and O–H groups in total. The Morgan fingerprint density at radius 1 is 1.02 bits per heavy atom. The van der Waals surface area contributed by atoms with Gasteiger partial charge in [0, 0.05) is 29.2 Å². The van der Waals surface area contributed by atoms with Gasteiger partial charge in [-0.3, -0.25) is 14.5 Å². The van der Waals surface area contributed by atoms with Gasteiger partial charge in [-0.2, -0.15) is 13.2 Å². The number of alkyl halides is 3. The number of esters is 1. The molecule has 13 heteroatoms. The maximum Gasteiger partial charge on any atom is 0.407 e. The van der Waals surface area contributed by atoms with Crippen molar-refractivity contribution in [1.29, 1.82) is 0 Å². The van der Waals surface area contributed by atoms with E-state index in [0.717, 1.165) is 28.2 Å². The van der Waals surface area contributed by atoms with Gasteiger partial charge < -0.3 is 19.1 Å². The van der Waals surface area contributed by atoms with Crippen molar-refractivity contribution in [3.05, 3.63) is 77.8 Å². The predicted molar refractivity (Wildman–Crippen MR) is 162 cm³/mol. The quantitative estimate of drug-likeness (QED) is 0.102. The molecule has 0 radical (unpaired) electrons. The number of thiocarbonyl (C=S) groups is 1. The molecule has 1 aliphatic heterocycles. The Hall–Kier alpha value is -4.54. The molecule has 4 rings (SSSR count). The van der Waals surface area contributed by atoms with Gasteiger partial charge in [-0.15, -0.1) is 0 Å². The summed E-state index contributed by atoms with van der Waals surface area (Å²) in [6.07, 6.45) is -2.95. The Balaban J connectivity index is 1.43. The summed E-state index contributed by atoms with van der Waals surface area (Å²) in [4.78, 5) is 34.7. The largest absolute Gasteiger partial charge is 0.475 e. The van der Waals surface area contributed by atoms with Gasteiger partial charge in [-0.05, 0) is 68.9 Å². The number of hydrogen-bond acceptors (Lipinski definition) is 7. The lowest BCUT2D eigenvalue weighted by Gasteiger charge is -2.29. The smallest absolute Gasteiger partial charge is 0.407 e. The van der Waals surface area contributed by atoms with Gasteiger partial charge in [0.25, 0.3) is 5.91 Å². The van der Waals surface area contributed by atoms with Crippen LogP contribution < -0.4 is 14.5 Å². The standard InChI is InChI=1S/C31H29F3N4O5S/c1-5-42-27(39)14-15-41-16-17-43-26-13-8-21(19-36-26)20-6-9-22(10-7-20)38-29(44)37(28(40)30(38,2)3)23-11-12-25(35-4)24(18-23)31(32,33)34/h6-13,18-19H,5,14-17H2,1-3H3. The van der Waals surface area contributed by atoms with E-state index in [1.807, 2.05) is 18.2 Å². The molecule has 1 aliphatic rings. The Morgan fingerprint density at radius 2 is 1.70 bits per heavy atom. The van der Waals surface area contributed by atoms with Crippen LogP contribution in [0.1, 0.15) is 32.8 Å². The number of anilines is 2. The summed E-state index contributed by atoms with van der Waals surface area (Å²) in [5.41, 5.74) is -0.755. The maximum absolute atomic E-state index is 13.6. The first-order valence-corrected chi connectivity index (χ1v) is 14.0. The molecule has 0 unspecified atom stereocenters. The van der Waals surface area contributed by atoms with Crippen molar-refractivity contribution in [3.8, 4) is 17.0 Å². The summed E-state index contributed by atoms with van der Waals surface area (Å²) in [5, 5.41) is 0.0180. The summed E-state index contributed by atoms with van der Waals surface area (Å²) < 4.78 is 56.6. The molecule has 44 heavy (non-hydrogen) atoms. The lowest BCUT2D eigenvalue weighted by molar-refractivity contribution is -0.144. The van der Waals surface area contributed by atoms with Crippen LogP contribution in [-0.2, 0) is 25.2 Å². The third-order valence-electron chi connectivity index (χ3n) is 6.76. The van der Waals surface area contributed by atoms with Crippen LogP contribution in [0.5, 0.6) is 5.88 Å². The van der Waals surface area contributed by atoms with Crippen LogP contribution in [0.25, 0.3) is 16.0 Å². The van der Waals surface area contributed by atoms with E-state index in [-0.39, 0.29) is 43.0 Å². The number of amides is 1. The molecule has 230 valence electrons. The maximum atomic E-state index is 13.6. The van der Waals surface area contributed by atoms with Crippen molar-refractivity contribution in [1.82, 2.24) is 4.98 Å². The second kappa shape index (κ2) is 13.4. The van der Waals surface area contributed by atoms with Gasteiger partial charge in [-0.25, -0.2) is 9.83 Å². The summed E-state index contributed by atoms with van der Waals surface area (Å²) in [7, 11) is 0. The number of pyridine rings is 1. The number of nitrogens with zero attached hydrogens (tertiary/aromatic N) is 4. The Labute approximate surface area is 258 Å². The van der Waals surface area contributed by atoms with Gasteiger partial charge in [-0.1, -0.05) is 18.2 Å². The van der Waals surface area contributed by atoms with E-state index in [1.54, 1.807) is 50.1 Å². The van der Waals surface area contributed by atoms with E-state index in [2.05, 4.69) is 9.83 Å². The van der Waals surface area contributed by atoms with Crippen LogP contribution in [0.3, 0.4) is 0 Å². The third kappa shape index (κ3) is 6.98. The summed E-state index contributed by atoms with van der Waals surface area (Å²) in [5.74, 6) is -0.410. The van der Waals surface area contributed by atoms with E-state index in [1.165, 1.54) is 6.07 Å². The molecule has 1 saturated heterocycles. The Kier molecular flexibility index (Phi) is 9.86. The monoisotopic (exact) mass is 626 g/mol. The molecule has 9 nitrogen and oxygen atoms in total. The van der Waals surface area contributed by atoms with Gasteiger partial charge in [0.1, 0.15) is 12.1 Å². The fourth-order valence-electron chi connectivity index (χ4n) is 4.58. The second-order valence-electron chi connectivity index (χ2n) is 10.1. The van der Waals surface area contributed by atoms with Crippen LogP contribution in [0.4, 0.5) is 30.2 Å². The molecular weight excluding hydrogens is 597 g/mol. The highest BCUT2D eigenvalue weighted by Crippen LogP contribution is 2.42. The van der Waals surface area contributed by atoms with E-state index < -0.39 is 28.9 Å². The lowest BCUT2D eigenvalue weighted by atomic mass is 10.0. The van der Waals surface area contributed by atoms with Gasteiger partial charge in [0.05, 0.1) is 38.4 Å². The molecule has 2 aromatic carbocycles. The lowest BCUT2D eigenvalue weighted by Crippen LogP contribution is -2.44. The van der Waals surface area contributed by atoms with Crippen LogP contribution in [0.15, 0.2) is 60.8 Å². The molecule has 0 aliphatic carbocycles. The molecule has 3 aromatic rings. The number of benzene rings is 2. The van der Waals surface area contributed by atoms with E-state index in [0.29, 0.717) is 18.2 Å². The van der Waals surface area contributed by atoms with Gasteiger partial charge >= 0.3 is 12.1 Å². The van der Waals surface area contributed by atoms with Crippen LogP contribution >= 0.6 is 12.2 Å². The van der Waals surface area contributed by atoms with Crippen LogP contribution in [0.2, 0.25) is 0 Å². The first-order valence-electron chi connectivity index (χ1n) is 13.6. The van der Waals surface area contributed by atoms with Crippen molar-refractivity contribution >= 4 is 46.3 Å². The summed E-state index contributed by atoms with van der Waals surface area (Å²) in [6, 6.07) is 13.8. The van der Waals surface area contributed by atoms with Crippen molar-refractivity contribution in [3.63, 3.8) is 0 Å². The fraction of sp³-hybridized carbons (Fsp3) is 0.323. The number of carbonyl (C=O) groups excluding carboxylic acids is 2. The van der Waals surface area contributed by atoms with Crippen LogP contribution in [-0.4, -0.2) is 53.9 Å². The van der Waals surface area contributed by atoms with Crippen molar-refractivity contribution < 1.29 is 37.0 Å². The number of ether oxygens (including phenoxy) is 3. The number of rotatable bonds is 11. The molecule has 2 heterocycles. The van der Waals surface area contributed by atoms with Crippen LogP contribution in [0, 0.1) is 6.57 Å². The second-order valence-corrected chi connectivity index (χ2v) is 10.4. The number of halogens is 3. The highest BCUT2D eigenvalue weighted by atomic mass is 32.1. The number of hydrogen-bond donors (Lipinski definition) is 0. The topological polar surface area (TPSA) is 85.6 Å². The van der Waals surface area contributed by atoms with E-state index in [4.69, 9.17) is 33.0 Å². The molecule has 0 atom stereocenters. The summed E-state index contributed by atoms with van der Waals surface area (Å²) >= 11 is 5.61. The molecular formula is C31H29F3N4O5S. The third-order valence-corrected chi connectivity index (χ3v) is 7.13. The zero-order chi connectivity index (χ0) is 32.1. The average Bonchev–Trinajstić information content (AvgIpc) is 3.17. The molecule has 0 spiro atoms. The molecule has 1 fully saturated rings. The molecule has 0 bridgehead atoms. The predicted octanol–water partition coefficient (Wildman–Crippen LogP) is 6.58. The van der Waals surface area contributed by atoms with E-state index >= 15 is 0 Å². The molecule has 0 saturated carbocycles. The van der Waals surface area contributed by atoms with E-state index in [9.17, 15) is 22.8 Å². The van der Waals surface area contributed by atoms with Crippen molar-refractivity contribution in [2.45, 2.75) is 38.9 Å². The Morgan fingerprint density at radius 3 is 2.32 bits per heavy atom. The first kappa shape index (κ1) is 32.4. The average molecular weight is 627 g/mol. The van der Waals surface area contributed by atoms with Gasteiger partial charge in [0.2, 0.25) is 5.88 Å².